The topological polar surface area (TPSA) is 32.3 Å². The molecular weight excluding hydrogens is 287 g/mol. The first-order valence-electron chi connectivity index (χ1n) is 7.49. The summed E-state index contributed by atoms with van der Waals surface area (Å²) in [6.45, 7) is 0.774. The van der Waals surface area contributed by atoms with E-state index < -0.39 is 0 Å². The van der Waals surface area contributed by atoms with Crippen LogP contribution in [0.3, 0.4) is 0 Å². The van der Waals surface area contributed by atoms with Gasteiger partial charge in [0.25, 0.3) is 0 Å². The number of benzene rings is 1. The van der Waals surface area contributed by atoms with Crippen LogP contribution in [0.1, 0.15) is 37.4 Å². The van der Waals surface area contributed by atoms with Crippen LogP contribution in [0.5, 0.6) is 0 Å². The van der Waals surface area contributed by atoms with Crippen molar-refractivity contribution >= 4 is 17.7 Å². The molecule has 5 heteroatoms. The average Bonchev–Trinajstić information content (AvgIpc) is 3.21. The molecule has 3 rings (SSSR count). The molecular formula is C16H21FN2OS. The van der Waals surface area contributed by atoms with Gasteiger partial charge in [-0.3, -0.25) is 10.1 Å². The third kappa shape index (κ3) is 2.94. The zero-order valence-corrected chi connectivity index (χ0v) is 13.1. The molecule has 1 unspecified atom stereocenters. The van der Waals surface area contributed by atoms with Gasteiger partial charge in [0.2, 0.25) is 5.91 Å². The number of carbonyl (C=O) groups is 1. The summed E-state index contributed by atoms with van der Waals surface area (Å²) < 4.78 is 13.1. The second-order valence-corrected chi connectivity index (χ2v) is 6.86. The van der Waals surface area contributed by atoms with E-state index in [-0.39, 0.29) is 23.4 Å². The molecule has 1 aromatic rings. The zero-order chi connectivity index (χ0) is 14.9. The fraction of sp³-hybridized carbons (Fsp3) is 0.562. The van der Waals surface area contributed by atoms with Gasteiger partial charge in [0.05, 0.1) is 0 Å². The van der Waals surface area contributed by atoms with Crippen LogP contribution in [0, 0.1) is 5.82 Å². The van der Waals surface area contributed by atoms with Gasteiger partial charge in [-0.2, -0.15) is 11.8 Å². The molecule has 1 saturated carbocycles. The number of carbonyl (C=O) groups excluding carboxylic acids is 1. The van der Waals surface area contributed by atoms with Crippen molar-refractivity contribution in [2.75, 3.05) is 18.6 Å². The maximum atomic E-state index is 13.1. The van der Waals surface area contributed by atoms with Gasteiger partial charge in [-0.15, -0.1) is 0 Å². The number of rotatable bonds is 6. The minimum atomic E-state index is -0.321. The van der Waals surface area contributed by atoms with Crippen LogP contribution in [0.25, 0.3) is 0 Å². The van der Waals surface area contributed by atoms with Gasteiger partial charge in [-0.25, -0.2) is 4.39 Å². The number of amides is 1. The Morgan fingerprint density at radius 3 is 2.67 bits per heavy atom. The Hall–Kier alpha value is -1.07. The molecule has 21 heavy (non-hydrogen) atoms. The van der Waals surface area contributed by atoms with Crippen LogP contribution in [0.2, 0.25) is 0 Å². The van der Waals surface area contributed by atoms with Crippen molar-refractivity contribution in [2.45, 2.75) is 37.4 Å². The van der Waals surface area contributed by atoms with Gasteiger partial charge < -0.3 is 4.90 Å². The highest BCUT2D eigenvalue weighted by Gasteiger charge is 2.59. The van der Waals surface area contributed by atoms with E-state index in [9.17, 15) is 9.18 Å². The second-order valence-electron chi connectivity index (χ2n) is 5.88. The highest BCUT2D eigenvalue weighted by molar-refractivity contribution is 7.98. The molecule has 1 spiro atoms. The number of thioether (sulfide) groups is 1. The molecule has 0 bridgehead atoms. The van der Waals surface area contributed by atoms with E-state index in [2.05, 4.69) is 11.6 Å². The summed E-state index contributed by atoms with van der Waals surface area (Å²) in [5, 5.41) is 3.47. The molecule has 3 nitrogen and oxygen atoms in total. The minimum absolute atomic E-state index is 0.102. The number of nitrogens with one attached hydrogen (secondary N) is 1. The SMILES string of the molecule is CSCCCCN1C(=O)C2(CC2)NC1c1ccc(F)cc1. The minimum Gasteiger partial charge on any atom is -0.321 e. The van der Waals surface area contributed by atoms with Gasteiger partial charge >= 0.3 is 0 Å². The van der Waals surface area contributed by atoms with Crippen LogP contribution in [-0.4, -0.2) is 34.9 Å². The molecule has 2 fully saturated rings. The summed E-state index contributed by atoms with van der Waals surface area (Å²) in [7, 11) is 0. The van der Waals surface area contributed by atoms with Gasteiger partial charge in [-0.1, -0.05) is 12.1 Å². The van der Waals surface area contributed by atoms with Crippen molar-refractivity contribution in [2.24, 2.45) is 0 Å². The smallest absolute Gasteiger partial charge is 0.244 e. The van der Waals surface area contributed by atoms with Gasteiger partial charge in [0.1, 0.15) is 17.5 Å². The Morgan fingerprint density at radius 2 is 2.05 bits per heavy atom. The van der Waals surface area contributed by atoms with Crippen molar-refractivity contribution in [3.63, 3.8) is 0 Å². The molecule has 1 heterocycles. The van der Waals surface area contributed by atoms with Crippen molar-refractivity contribution in [1.82, 2.24) is 10.2 Å². The average molecular weight is 308 g/mol. The maximum Gasteiger partial charge on any atom is 0.244 e. The summed E-state index contributed by atoms with van der Waals surface area (Å²) in [5.41, 5.74) is 0.650. The van der Waals surface area contributed by atoms with Gasteiger partial charge in [-0.05, 0) is 55.4 Å². The summed E-state index contributed by atoms with van der Waals surface area (Å²) in [6.07, 6.45) is 5.98. The summed E-state index contributed by atoms with van der Waals surface area (Å²) in [6, 6.07) is 6.48. The number of unbranched alkanes of at least 4 members (excludes halogenated alkanes) is 1. The summed E-state index contributed by atoms with van der Waals surface area (Å²) in [4.78, 5) is 14.5. The maximum absolute atomic E-state index is 13.1. The quantitative estimate of drug-likeness (QED) is 0.820. The van der Waals surface area contributed by atoms with Crippen LogP contribution < -0.4 is 5.32 Å². The normalized spacial score (nSPS) is 23.0. The van der Waals surface area contributed by atoms with Crippen molar-refractivity contribution in [3.05, 3.63) is 35.6 Å². The molecule has 1 atom stereocenters. The lowest BCUT2D eigenvalue weighted by Crippen LogP contribution is -2.33. The Labute approximate surface area is 129 Å². The van der Waals surface area contributed by atoms with Crippen molar-refractivity contribution < 1.29 is 9.18 Å². The fourth-order valence-corrected chi connectivity index (χ4v) is 3.44. The highest BCUT2D eigenvalue weighted by Crippen LogP contribution is 2.45. The van der Waals surface area contributed by atoms with E-state index in [1.807, 2.05) is 16.7 Å². The Balaban J connectivity index is 1.73. The Morgan fingerprint density at radius 1 is 1.33 bits per heavy atom. The third-order valence-electron chi connectivity index (χ3n) is 4.33. The molecule has 1 aliphatic carbocycles. The van der Waals surface area contributed by atoms with Gasteiger partial charge in [0, 0.05) is 6.54 Å². The third-order valence-corrected chi connectivity index (χ3v) is 5.03. The monoisotopic (exact) mass is 308 g/mol. The first kappa shape index (κ1) is 14.9. The molecule has 114 valence electrons. The fourth-order valence-electron chi connectivity index (χ4n) is 2.94. The molecule has 0 radical (unpaired) electrons. The standard InChI is InChI=1S/C16H21FN2OS/c1-21-11-3-2-10-19-14(12-4-6-13(17)7-5-12)18-16(8-9-16)15(19)20/h4-7,14,18H,2-3,8-11H2,1H3. The number of hydrogen-bond acceptors (Lipinski definition) is 3. The molecule has 1 N–H and O–H groups in total. The first-order valence-corrected chi connectivity index (χ1v) is 8.89. The van der Waals surface area contributed by atoms with Crippen LogP contribution in [0.15, 0.2) is 24.3 Å². The predicted molar refractivity (Wildman–Crippen MR) is 83.6 cm³/mol. The lowest BCUT2D eigenvalue weighted by atomic mass is 10.1. The molecule has 2 aliphatic rings. The Bertz CT molecular complexity index is 516. The van der Waals surface area contributed by atoms with Crippen LogP contribution in [0.4, 0.5) is 4.39 Å². The number of hydrogen-bond donors (Lipinski definition) is 1. The highest BCUT2D eigenvalue weighted by atomic mass is 32.2. The van der Waals surface area contributed by atoms with E-state index in [0.29, 0.717) is 0 Å². The van der Waals surface area contributed by atoms with E-state index >= 15 is 0 Å². The molecule has 1 aliphatic heterocycles. The molecule has 1 aromatic carbocycles. The van der Waals surface area contributed by atoms with E-state index in [4.69, 9.17) is 0 Å². The lowest BCUT2D eigenvalue weighted by molar-refractivity contribution is -0.130. The number of halogens is 1. The Kier molecular flexibility index (Phi) is 4.22. The van der Waals surface area contributed by atoms with Crippen molar-refractivity contribution in [3.8, 4) is 0 Å². The van der Waals surface area contributed by atoms with Crippen LogP contribution >= 0.6 is 11.8 Å². The van der Waals surface area contributed by atoms with E-state index in [1.165, 1.54) is 12.1 Å². The summed E-state index contributed by atoms with van der Waals surface area (Å²) in [5.74, 6) is 1.11. The van der Waals surface area contributed by atoms with Crippen molar-refractivity contribution in [1.29, 1.82) is 0 Å². The first-order chi connectivity index (χ1) is 10.2. The predicted octanol–water partition coefficient (Wildman–Crippen LogP) is 2.93. The van der Waals surface area contributed by atoms with Gasteiger partial charge in [0.15, 0.2) is 0 Å². The zero-order valence-electron chi connectivity index (χ0n) is 12.3. The van der Waals surface area contributed by atoms with Crippen LogP contribution in [-0.2, 0) is 4.79 Å². The largest absolute Gasteiger partial charge is 0.321 e. The summed E-state index contributed by atoms with van der Waals surface area (Å²) >= 11 is 1.84. The molecule has 1 amide bonds. The molecule has 0 aromatic heterocycles. The second kappa shape index (κ2) is 5.97. The lowest BCUT2D eigenvalue weighted by Gasteiger charge is -2.24. The van der Waals surface area contributed by atoms with E-state index in [0.717, 1.165) is 43.5 Å². The number of nitrogens with zero attached hydrogens (tertiary/aromatic N) is 1. The van der Waals surface area contributed by atoms with E-state index in [1.54, 1.807) is 12.1 Å². The molecule has 1 saturated heterocycles.